The van der Waals surface area contributed by atoms with Gasteiger partial charge in [0, 0.05) is 31.5 Å². The molecule has 0 fully saturated rings. The Labute approximate surface area is 112 Å². The summed E-state index contributed by atoms with van der Waals surface area (Å²) in [7, 11) is 2.19. The predicted molar refractivity (Wildman–Crippen MR) is 77.5 cm³/mol. The summed E-state index contributed by atoms with van der Waals surface area (Å²) in [6, 6.07) is 4.72. The van der Waals surface area contributed by atoms with E-state index in [0.29, 0.717) is 12.0 Å². The molecule has 0 bridgehead atoms. The summed E-state index contributed by atoms with van der Waals surface area (Å²) in [6.45, 7) is 9.86. The number of nitrogens with one attached hydrogen (secondary N) is 1. The molecule has 0 aromatic carbocycles. The van der Waals surface area contributed by atoms with Gasteiger partial charge in [-0.2, -0.15) is 0 Å². The quantitative estimate of drug-likeness (QED) is 0.767. The lowest BCUT2D eigenvalue weighted by Crippen LogP contribution is -2.40. The number of hydrogen-bond donors (Lipinski definition) is 1. The van der Waals surface area contributed by atoms with Gasteiger partial charge in [-0.15, -0.1) is 0 Å². The molecule has 0 radical (unpaired) electrons. The first-order chi connectivity index (χ1) is 8.63. The van der Waals surface area contributed by atoms with Crippen molar-refractivity contribution in [3.8, 4) is 0 Å². The van der Waals surface area contributed by atoms with Crippen LogP contribution in [0.25, 0.3) is 0 Å². The van der Waals surface area contributed by atoms with Crippen LogP contribution in [0.4, 0.5) is 0 Å². The normalized spacial score (nSPS) is 13.2. The molecule has 1 atom stereocenters. The molecule has 0 aliphatic carbocycles. The molecule has 102 valence electrons. The molecule has 1 heterocycles. The molecule has 18 heavy (non-hydrogen) atoms. The highest BCUT2D eigenvalue weighted by Gasteiger charge is 2.12. The average Bonchev–Trinajstić information content (AvgIpc) is 2.35. The summed E-state index contributed by atoms with van der Waals surface area (Å²) in [5.74, 6) is 0.714. The Morgan fingerprint density at radius 3 is 2.67 bits per heavy atom. The summed E-state index contributed by atoms with van der Waals surface area (Å²) in [5.41, 5.74) is 1.28. The lowest BCUT2D eigenvalue weighted by atomic mass is 10.1. The molecule has 1 unspecified atom stereocenters. The minimum Gasteiger partial charge on any atom is -0.315 e. The number of hydrogen-bond acceptors (Lipinski definition) is 3. The van der Waals surface area contributed by atoms with Crippen molar-refractivity contribution < 1.29 is 0 Å². The lowest BCUT2D eigenvalue weighted by Gasteiger charge is -2.27. The van der Waals surface area contributed by atoms with Crippen molar-refractivity contribution in [2.45, 2.75) is 39.8 Å². The molecule has 3 heteroatoms. The van der Waals surface area contributed by atoms with E-state index >= 15 is 0 Å². The van der Waals surface area contributed by atoms with E-state index in [9.17, 15) is 0 Å². The third kappa shape index (κ3) is 5.61. The zero-order chi connectivity index (χ0) is 13.4. The van der Waals surface area contributed by atoms with Gasteiger partial charge in [0.15, 0.2) is 0 Å². The van der Waals surface area contributed by atoms with Gasteiger partial charge in [0.25, 0.3) is 0 Å². The Morgan fingerprint density at radius 2 is 2.11 bits per heavy atom. The van der Waals surface area contributed by atoms with Crippen LogP contribution in [0.2, 0.25) is 0 Å². The van der Waals surface area contributed by atoms with E-state index in [-0.39, 0.29) is 0 Å². The summed E-state index contributed by atoms with van der Waals surface area (Å²) in [5, 5.41) is 3.55. The molecule has 0 amide bonds. The Balaban J connectivity index is 2.39. The van der Waals surface area contributed by atoms with E-state index in [2.05, 4.69) is 49.1 Å². The molecular weight excluding hydrogens is 222 g/mol. The van der Waals surface area contributed by atoms with Crippen LogP contribution in [-0.2, 0) is 6.54 Å². The van der Waals surface area contributed by atoms with Gasteiger partial charge in [-0.1, -0.05) is 26.8 Å². The van der Waals surface area contributed by atoms with Crippen LogP contribution in [0, 0.1) is 5.92 Å². The molecule has 0 saturated carbocycles. The highest BCUT2D eigenvalue weighted by Crippen LogP contribution is 2.07. The smallest absolute Gasteiger partial charge is 0.0312 e. The maximum Gasteiger partial charge on any atom is 0.0312 e. The SMILES string of the molecule is CCC(CNCC(C)C)N(C)Cc1cccnc1. The van der Waals surface area contributed by atoms with Gasteiger partial charge in [0.1, 0.15) is 0 Å². The second-order valence-electron chi connectivity index (χ2n) is 5.39. The van der Waals surface area contributed by atoms with Crippen LogP contribution >= 0.6 is 0 Å². The standard InChI is InChI=1S/C15H27N3/c1-5-15(11-17-9-13(2)3)18(4)12-14-7-6-8-16-10-14/h6-8,10,13,15,17H,5,9,11-12H2,1-4H3. The first kappa shape index (κ1) is 15.1. The Morgan fingerprint density at radius 1 is 1.33 bits per heavy atom. The number of rotatable bonds is 8. The van der Waals surface area contributed by atoms with Crippen molar-refractivity contribution in [3.63, 3.8) is 0 Å². The monoisotopic (exact) mass is 249 g/mol. The average molecular weight is 249 g/mol. The van der Waals surface area contributed by atoms with Crippen LogP contribution < -0.4 is 5.32 Å². The van der Waals surface area contributed by atoms with Gasteiger partial charge in [-0.3, -0.25) is 9.88 Å². The highest BCUT2D eigenvalue weighted by molar-refractivity contribution is 5.08. The summed E-state index contributed by atoms with van der Waals surface area (Å²) in [4.78, 5) is 6.57. The van der Waals surface area contributed by atoms with Crippen molar-refractivity contribution >= 4 is 0 Å². The topological polar surface area (TPSA) is 28.2 Å². The summed E-state index contributed by atoms with van der Waals surface area (Å²) in [6.07, 6.45) is 4.94. The van der Waals surface area contributed by atoms with Crippen LogP contribution in [0.3, 0.4) is 0 Å². The van der Waals surface area contributed by atoms with Gasteiger partial charge >= 0.3 is 0 Å². The highest BCUT2D eigenvalue weighted by atomic mass is 15.1. The van der Waals surface area contributed by atoms with Crippen molar-refractivity contribution in [1.82, 2.24) is 15.2 Å². The summed E-state index contributed by atoms with van der Waals surface area (Å²) < 4.78 is 0. The lowest BCUT2D eigenvalue weighted by molar-refractivity contribution is 0.219. The minimum absolute atomic E-state index is 0.587. The first-order valence-corrected chi connectivity index (χ1v) is 6.93. The van der Waals surface area contributed by atoms with Gasteiger partial charge in [0.05, 0.1) is 0 Å². The number of pyridine rings is 1. The molecular formula is C15H27N3. The van der Waals surface area contributed by atoms with E-state index < -0.39 is 0 Å². The fraction of sp³-hybridized carbons (Fsp3) is 0.667. The molecule has 0 aliphatic heterocycles. The Hall–Kier alpha value is -0.930. The van der Waals surface area contributed by atoms with Gasteiger partial charge in [-0.05, 0) is 37.6 Å². The molecule has 1 aromatic heterocycles. The second kappa shape index (κ2) is 8.22. The van der Waals surface area contributed by atoms with Crippen LogP contribution in [0.1, 0.15) is 32.8 Å². The zero-order valence-electron chi connectivity index (χ0n) is 12.2. The largest absolute Gasteiger partial charge is 0.315 e. The molecule has 0 saturated heterocycles. The maximum atomic E-state index is 4.17. The molecule has 1 aromatic rings. The molecule has 1 N–H and O–H groups in total. The Kier molecular flexibility index (Phi) is 6.91. The van der Waals surface area contributed by atoms with E-state index in [1.807, 2.05) is 18.5 Å². The summed E-state index contributed by atoms with van der Waals surface area (Å²) >= 11 is 0. The maximum absolute atomic E-state index is 4.17. The first-order valence-electron chi connectivity index (χ1n) is 6.93. The number of nitrogens with zero attached hydrogens (tertiary/aromatic N) is 2. The predicted octanol–water partition coefficient (Wildman–Crippen LogP) is 2.54. The molecule has 1 rings (SSSR count). The molecule has 0 aliphatic rings. The fourth-order valence-corrected chi connectivity index (χ4v) is 2.06. The van der Waals surface area contributed by atoms with E-state index in [4.69, 9.17) is 0 Å². The third-order valence-corrected chi connectivity index (χ3v) is 3.18. The zero-order valence-corrected chi connectivity index (χ0v) is 12.2. The Bertz CT molecular complexity index is 311. The van der Waals surface area contributed by atoms with Crippen molar-refractivity contribution in [2.24, 2.45) is 5.92 Å². The van der Waals surface area contributed by atoms with Gasteiger partial charge in [0.2, 0.25) is 0 Å². The van der Waals surface area contributed by atoms with Crippen molar-refractivity contribution in [1.29, 1.82) is 0 Å². The second-order valence-corrected chi connectivity index (χ2v) is 5.39. The van der Waals surface area contributed by atoms with E-state index in [0.717, 1.165) is 19.6 Å². The van der Waals surface area contributed by atoms with E-state index in [1.165, 1.54) is 12.0 Å². The minimum atomic E-state index is 0.587. The van der Waals surface area contributed by atoms with Crippen molar-refractivity contribution in [3.05, 3.63) is 30.1 Å². The van der Waals surface area contributed by atoms with Crippen LogP contribution in [-0.4, -0.2) is 36.1 Å². The van der Waals surface area contributed by atoms with Crippen LogP contribution in [0.5, 0.6) is 0 Å². The van der Waals surface area contributed by atoms with Gasteiger partial charge < -0.3 is 5.32 Å². The van der Waals surface area contributed by atoms with Gasteiger partial charge in [-0.25, -0.2) is 0 Å². The van der Waals surface area contributed by atoms with Crippen molar-refractivity contribution in [2.75, 3.05) is 20.1 Å². The number of likely N-dealkylation sites (N-methyl/N-ethyl adjacent to an activating group) is 1. The molecule has 3 nitrogen and oxygen atoms in total. The van der Waals surface area contributed by atoms with E-state index in [1.54, 1.807) is 0 Å². The fourth-order valence-electron chi connectivity index (χ4n) is 2.06. The molecule has 0 spiro atoms. The van der Waals surface area contributed by atoms with Crippen LogP contribution in [0.15, 0.2) is 24.5 Å². The third-order valence-electron chi connectivity index (χ3n) is 3.18. The number of aromatic nitrogens is 1.